The summed E-state index contributed by atoms with van der Waals surface area (Å²) in [7, 11) is 1.18. The first-order valence-corrected chi connectivity index (χ1v) is 4.00. The Kier molecular flexibility index (Phi) is 3.17. The number of carbonyl (C=O) groups excluding carboxylic acids is 2. The van der Waals surface area contributed by atoms with Gasteiger partial charge in [0.2, 0.25) is 0 Å². The van der Waals surface area contributed by atoms with Gasteiger partial charge < -0.3 is 9.84 Å². The van der Waals surface area contributed by atoms with Crippen molar-refractivity contribution in [2.24, 2.45) is 0 Å². The van der Waals surface area contributed by atoms with Crippen LogP contribution in [-0.4, -0.2) is 30.4 Å². The minimum atomic E-state index is -1.20. The third-order valence-electron chi connectivity index (χ3n) is 1.76. The van der Waals surface area contributed by atoms with E-state index < -0.39 is 11.9 Å². The third-order valence-corrected chi connectivity index (χ3v) is 1.76. The molecule has 1 N–H and O–H groups in total. The lowest BCUT2D eigenvalue weighted by molar-refractivity contribution is 0.0600. The Morgan fingerprint density at radius 1 is 1.27 bits per heavy atom. The molecule has 0 unspecified atom stereocenters. The summed E-state index contributed by atoms with van der Waals surface area (Å²) in [6, 6.07) is 3.61. The molecule has 0 saturated carbocycles. The van der Waals surface area contributed by atoms with Gasteiger partial charge in [-0.25, -0.2) is 9.59 Å². The predicted octanol–water partition coefficient (Wildman–Crippen LogP) is 0.984. The van der Waals surface area contributed by atoms with Crippen molar-refractivity contribution in [1.82, 2.24) is 0 Å². The highest BCUT2D eigenvalue weighted by molar-refractivity contribution is 5.97. The molecule has 5 nitrogen and oxygen atoms in total. The summed E-state index contributed by atoms with van der Waals surface area (Å²) in [5.41, 5.74) is 0.0369. The fourth-order valence-electron chi connectivity index (χ4n) is 1.08. The first kappa shape index (κ1) is 10.9. The van der Waals surface area contributed by atoms with Crippen molar-refractivity contribution in [1.29, 1.82) is 0 Å². The van der Waals surface area contributed by atoms with Gasteiger partial charge in [0, 0.05) is 5.56 Å². The van der Waals surface area contributed by atoms with Gasteiger partial charge in [0.15, 0.2) is 0 Å². The van der Waals surface area contributed by atoms with Gasteiger partial charge in [-0.1, -0.05) is 0 Å². The molecular formula is C10H8O5. The summed E-state index contributed by atoms with van der Waals surface area (Å²) in [5.74, 6) is -1.88. The predicted molar refractivity (Wildman–Crippen MR) is 50.1 cm³/mol. The SMILES string of the molecule is COC(=O)c1cc(C=O)cc(C(=O)O)c1. The van der Waals surface area contributed by atoms with Crippen molar-refractivity contribution < 1.29 is 24.2 Å². The molecule has 0 aliphatic carbocycles. The van der Waals surface area contributed by atoms with Crippen LogP contribution >= 0.6 is 0 Å². The maximum atomic E-state index is 11.1. The Balaban J connectivity index is 3.28. The number of ether oxygens (including phenoxy) is 1. The highest BCUT2D eigenvalue weighted by Gasteiger charge is 2.11. The summed E-state index contributed by atoms with van der Waals surface area (Å²) in [6.45, 7) is 0. The van der Waals surface area contributed by atoms with E-state index in [1.165, 1.54) is 19.2 Å². The van der Waals surface area contributed by atoms with E-state index in [2.05, 4.69) is 4.74 Å². The maximum absolute atomic E-state index is 11.1. The van der Waals surface area contributed by atoms with Gasteiger partial charge in [0.05, 0.1) is 18.2 Å². The Morgan fingerprint density at radius 3 is 2.33 bits per heavy atom. The average molecular weight is 208 g/mol. The number of rotatable bonds is 3. The second kappa shape index (κ2) is 4.36. The van der Waals surface area contributed by atoms with E-state index in [1.807, 2.05) is 0 Å². The van der Waals surface area contributed by atoms with Gasteiger partial charge in [0.25, 0.3) is 0 Å². The van der Waals surface area contributed by atoms with Crippen LogP contribution in [0.25, 0.3) is 0 Å². The number of carboxylic acids is 1. The van der Waals surface area contributed by atoms with Crippen molar-refractivity contribution in [2.45, 2.75) is 0 Å². The van der Waals surface area contributed by atoms with Gasteiger partial charge >= 0.3 is 11.9 Å². The summed E-state index contributed by atoms with van der Waals surface area (Å²) >= 11 is 0. The van der Waals surface area contributed by atoms with Crippen LogP contribution in [-0.2, 0) is 4.74 Å². The van der Waals surface area contributed by atoms with Crippen molar-refractivity contribution in [3.8, 4) is 0 Å². The molecular weight excluding hydrogens is 200 g/mol. The molecule has 1 aromatic carbocycles. The molecule has 1 aromatic rings. The number of carbonyl (C=O) groups is 3. The summed E-state index contributed by atoms with van der Waals surface area (Å²) in [6.07, 6.45) is 0.471. The van der Waals surface area contributed by atoms with E-state index in [4.69, 9.17) is 5.11 Å². The zero-order valence-corrected chi connectivity index (χ0v) is 7.89. The quantitative estimate of drug-likeness (QED) is 0.591. The van der Waals surface area contributed by atoms with Crippen LogP contribution in [0, 0.1) is 0 Å². The molecule has 0 atom stereocenters. The number of hydrogen-bond donors (Lipinski definition) is 1. The number of carboxylic acid groups (broad SMARTS) is 1. The Hall–Kier alpha value is -2.17. The summed E-state index contributed by atoms with van der Waals surface area (Å²) in [4.78, 5) is 32.3. The van der Waals surface area contributed by atoms with E-state index in [1.54, 1.807) is 0 Å². The van der Waals surface area contributed by atoms with Gasteiger partial charge in [-0.05, 0) is 18.2 Å². The Labute approximate surface area is 85.3 Å². The van der Waals surface area contributed by atoms with Crippen LogP contribution in [0.2, 0.25) is 0 Å². The Bertz CT molecular complexity index is 422. The van der Waals surface area contributed by atoms with Gasteiger partial charge in [-0.2, -0.15) is 0 Å². The largest absolute Gasteiger partial charge is 0.478 e. The third kappa shape index (κ3) is 2.40. The Morgan fingerprint density at radius 2 is 1.87 bits per heavy atom. The molecule has 0 aromatic heterocycles. The van der Waals surface area contributed by atoms with Gasteiger partial charge in [-0.3, -0.25) is 4.79 Å². The first-order chi connectivity index (χ1) is 7.08. The molecule has 0 radical (unpaired) electrons. The zero-order valence-electron chi connectivity index (χ0n) is 7.89. The van der Waals surface area contributed by atoms with Crippen LogP contribution in [0.1, 0.15) is 31.1 Å². The van der Waals surface area contributed by atoms with E-state index in [-0.39, 0.29) is 16.7 Å². The molecule has 0 saturated heterocycles. The number of benzene rings is 1. The molecule has 0 spiro atoms. The van der Waals surface area contributed by atoms with Crippen LogP contribution in [0.5, 0.6) is 0 Å². The molecule has 1 rings (SSSR count). The van der Waals surface area contributed by atoms with Gasteiger partial charge in [0.1, 0.15) is 6.29 Å². The number of esters is 1. The molecule has 5 heteroatoms. The molecule has 0 aliphatic rings. The number of methoxy groups -OCH3 is 1. The second-order valence-corrected chi connectivity index (χ2v) is 2.76. The van der Waals surface area contributed by atoms with Crippen molar-refractivity contribution in [2.75, 3.05) is 7.11 Å². The van der Waals surface area contributed by atoms with Crippen LogP contribution < -0.4 is 0 Å². The maximum Gasteiger partial charge on any atom is 0.337 e. The van der Waals surface area contributed by atoms with E-state index in [0.717, 1.165) is 6.07 Å². The second-order valence-electron chi connectivity index (χ2n) is 2.76. The van der Waals surface area contributed by atoms with Crippen molar-refractivity contribution in [3.63, 3.8) is 0 Å². The molecule has 0 bridgehead atoms. The topological polar surface area (TPSA) is 80.7 Å². The minimum Gasteiger partial charge on any atom is -0.478 e. The first-order valence-electron chi connectivity index (χ1n) is 4.00. The molecule has 0 heterocycles. The summed E-state index contributed by atoms with van der Waals surface area (Å²) < 4.78 is 4.42. The van der Waals surface area contributed by atoms with E-state index >= 15 is 0 Å². The summed E-state index contributed by atoms with van der Waals surface area (Å²) in [5, 5.41) is 8.72. The van der Waals surface area contributed by atoms with Crippen LogP contribution in [0.4, 0.5) is 0 Å². The lowest BCUT2D eigenvalue weighted by Gasteiger charge is -2.02. The van der Waals surface area contributed by atoms with Crippen LogP contribution in [0.3, 0.4) is 0 Å². The van der Waals surface area contributed by atoms with Crippen LogP contribution in [0.15, 0.2) is 18.2 Å². The van der Waals surface area contributed by atoms with Crippen molar-refractivity contribution in [3.05, 3.63) is 34.9 Å². The molecule has 0 amide bonds. The highest BCUT2D eigenvalue weighted by Crippen LogP contribution is 2.10. The lowest BCUT2D eigenvalue weighted by Crippen LogP contribution is -2.06. The molecule has 0 aliphatic heterocycles. The monoisotopic (exact) mass is 208 g/mol. The smallest absolute Gasteiger partial charge is 0.337 e. The molecule has 78 valence electrons. The van der Waals surface area contributed by atoms with Crippen molar-refractivity contribution >= 4 is 18.2 Å². The highest BCUT2D eigenvalue weighted by atomic mass is 16.5. The van der Waals surface area contributed by atoms with Gasteiger partial charge in [-0.15, -0.1) is 0 Å². The average Bonchev–Trinajstić information content (AvgIpc) is 2.27. The fraction of sp³-hybridized carbons (Fsp3) is 0.100. The zero-order chi connectivity index (χ0) is 11.4. The molecule has 0 fully saturated rings. The van der Waals surface area contributed by atoms with E-state index in [9.17, 15) is 14.4 Å². The number of hydrogen-bond acceptors (Lipinski definition) is 4. The standard InChI is InChI=1S/C10H8O5/c1-15-10(14)8-3-6(5-11)2-7(4-8)9(12)13/h2-5H,1H3,(H,12,13). The molecule has 15 heavy (non-hydrogen) atoms. The van der Waals surface area contributed by atoms with E-state index in [0.29, 0.717) is 6.29 Å². The minimum absolute atomic E-state index is 0.0412. The normalized spacial score (nSPS) is 9.40. The fourth-order valence-corrected chi connectivity index (χ4v) is 1.08. The number of aldehydes is 1. The number of aromatic carboxylic acids is 1. The lowest BCUT2D eigenvalue weighted by atomic mass is 10.1.